The van der Waals surface area contributed by atoms with E-state index >= 15 is 0 Å². The van der Waals surface area contributed by atoms with Gasteiger partial charge in [-0.15, -0.1) is 5.26 Å². The molecular formula is C18H19NO. The van der Waals surface area contributed by atoms with Crippen molar-refractivity contribution >= 4 is 0 Å². The molecule has 1 atom stereocenters. The fourth-order valence-electron chi connectivity index (χ4n) is 2.44. The fraction of sp³-hybridized carbons (Fsp3) is 0.278. The fourth-order valence-corrected chi connectivity index (χ4v) is 2.44. The van der Waals surface area contributed by atoms with Crippen LogP contribution in [0.1, 0.15) is 37.0 Å². The number of hydrogen-bond donors (Lipinski definition) is 0. The van der Waals surface area contributed by atoms with Crippen molar-refractivity contribution in [1.29, 1.82) is 5.26 Å². The van der Waals surface area contributed by atoms with Crippen LogP contribution in [0.3, 0.4) is 0 Å². The number of rotatable bonds is 4. The molecule has 20 heavy (non-hydrogen) atoms. The second kappa shape index (κ2) is 5.79. The molecule has 0 fully saturated rings. The zero-order valence-electron chi connectivity index (χ0n) is 12.2. The third-order valence-electron chi connectivity index (χ3n) is 4.05. The van der Waals surface area contributed by atoms with Gasteiger partial charge in [0.25, 0.3) is 6.26 Å². The number of benzene rings is 2. The van der Waals surface area contributed by atoms with Gasteiger partial charge in [-0.25, -0.2) is 0 Å². The van der Waals surface area contributed by atoms with Crippen LogP contribution in [0.5, 0.6) is 5.75 Å². The Morgan fingerprint density at radius 2 is 1.50 bits per heavy atom. The maximum Gasteiger partial charge on any atom is 0.292 e. The molecule has 2 nitrogen and oxygen atoms in total. The summed E-state index contributed by atoms with van der Waals surface area (Å²) in [6, 6.07) is 16.5. The highest BCUT2D eigenvalue weighted by molar-refractivity contribution is 5.41. The maximum atomic E-state index is 8.53. The molecule has 0 saturated heterocycles. The van der Waals surface area contributed by atoms with Gasteiger partial charge in [-0.2, -0.15) is 0 Å². The topological polar surface area (TPSA) is 33.0 Å². The number of nitrogens with zero attached hydrogens (tertiary/aromatic N) is 1. The van der Waals surface area contributed by atoms with Crippen molar-refractivity contribution in [3.05, 3.63) is 65.2 Å². The molecule has 0 spiro atoms. The monoisotopic (exact) mass is 265 g/mol. The molecule has 0 radical (unpaired) electrons. The summed E-state index contributed by atoms with van der Waals surface area (Å²) in [7, 11) is 0. The van der Waals surface area contributed by atoms with Crippen LogP contribution in [-0.2, 0) is 5.41 Å². The molecule has 2 aromatic carbocycles. The maximum absolute atomic E-state index is 8.53. The Morgan fingerprint density at radius 1 is 1.00 bits per heavy atom. The van der Waals surface area contributed by atoms with Gasteiger partial charge in [0.15, 0.2) is 0 Å². The molecule has 0 aliphatic rings. The highest BCUT2D eigenvalue weighted by atomic mass is 16.5. The smallest absolute Gasteiger partial charge is 0.292 e. The van der Waals surface area contributed by atoms with Gasteiger partial charge >= 0.3 is 0 Å². The van der Waals surface area contributed by atoms with E-state index in [9.17, 15) is 0 Å². The zero-order chi connectivity index (χ0) is 14.6. The Labute approximate surface area is 120 Å². The number of ether oxygens (including phenoxy) is 1. The molecule has 0 amide bonds. The van der Waals surface area contributed by atoms with Crippen molar-refractivity contribution < 1.29 is 4.74 Å². The third kappa shape index (κ3) is 2.67. The standard InChI is InChI=1S/C18H19NO/c1-4-18(3,15-7-5-14(2)6-8-15)16-9-11-17(12-10-16)20-13-19/h5-12H,4H2,1-3H3. The number of hydrogen-bond acceptors (Lipinski definition) is 2. The van der Waals surface area contributed by atoms with Crippen LogP contribution in [0, 0.1) is 18.4 Å². The average Bonchev–Trinajstić information content (AvgIpc) is 2.48. The summed E-state index contributed by atoms with van der Waals surface area (Å²) in [4.78, 5) is 0. The lowest BCUT2D eigenvalue weighted by atomic mass is 9.74. The summed E-state index contributed by atoms with van der Waals surface area (Å²) in [5.74, 6) is 0.582. The molecule has 0 aliphatic heterocycles. The van der Waals surface area contributed by atoms with Gasteiger partial charge in [0, 0.05) is 5.41 Å². The average molecular weight is 265 g/mol. The minimum atomic E-state index is -0.0289. The second-order valence-electron chi connectivity index (χ2n) is 5.27. The largest absolute Gasteiger partial charge is 0.388 e. The van der Waals surface area contributed by atoms with Crippen LogP contribution < -0.4 is 4.74 Å². The summed E-state index contributed by atoms with van der Waals surface area (Å²) in [6.07, 6.45) is 2.70. The van der Waals surface area contributed by atoms with Crippen LogP contribution in [0.4, 0.5) is 0 Å². The van der Waals surface area contributed by atoms with Crippen molar-refractivity contribution in [3.8, 4) is 12.0 Å². The Kier molecular flexibility index (Phi) is 4.10. The first-order valence-electron chi connectivity index (χ1n) is 6.84. The second-order valence-corrected chi connectivity index (χ2v) is 5.27. The van der Waals surface area contributed by atoms with Gasteiger partial charge in [0.2, 0.25) is 0 Å². The summed E-state index contributed by atoms with van der Waals surface area (Å²) >= 11 is 0. The van der Waals surface area contributed by atoms with E-state index in [1.807, 2.05) is 24.3 Å². The molecule has 102 valence electrons. The highest BCUT2D eigenvalue weighted by Gasteiger charge is 2.26. The van der Waals surface area contributed by atoms with Crippen molar-refractivity contribution in [2.24, 2.45) is 0 Å². The lowest BCUT2D eigenvalue weighted by Gasteiger charge is -2.30. The van der Waals surface area contributed by atoms with Gasteiger partial charge < -0.3 is 4.74 Å². The normalized spacial score (nSPS) is 13.3. The Morgan fingerprint density at radius 3 is 1.95 bits per heavy atom. The van der Waals surface area contributed by atoms with Gasteiger partial charge in [0.1, 0.15) is 5.75 Å². The van der Waals surface area contributed by atoms with E-state index in [-0.39, 0.29) is 5.41 Å². The number of nitriles is 1. The molecule has 0 bridgehead atoms. The van der Waals surface area contributed by atoms with E-state index < -0.39 is 0 Å². The van der Waals surface area contributed by atoms with E-state index in [0.717, 1.165) is 6.42 Å². The van der Waals surface area contributed by atoms with Crippen LogP contribution >= 0.6 is 0 Å². The van der Waals surface area contributed by atoms with Gasteiger partial charge in [-0.05, 0) is 36.6 Å². The third-order valence-corrected chi connectivity index (χ3v) is 4.05. The highest BCUT2D eigenvalue weighted by Crippen LogP contribution is 2.35. The van der Waals surface area contributed by atoms with Crippen molar-refractivity contribution in [3.63, 3.8) is 0 Å². The van der Waals surface area contributed by atoms with E-state index in [0.29, 0.717) is 5.75 Å². The van der Waals surface area contributed by atoms with E-state index in [2.05, 4.69) is 45.0 Å². The van der Waals surface area contributed by atoms with Crippen molar-refractivity contribution in [2.45, 2.75) is 32.6 Å². The first kappa shape index (κ1) is 14.1. The minimum absolute atomic E-state index is 0.0289. The lowest BCUT2D eigenvalue weighted by molar-refractivity contribution is 0.504. The van der Waals surface area contributed by atoms with E-state index in [4.69, 9.17) is 10.00 Å². The molecule has 1 unspecified atom stereocenters. The van der Waals surface area contributed by atoms with Crippen LogP contribution in [0.25, 0.3) is 0 Å². The predicted octanol–water partition coefficient (Wildman–Crippen LogP) is 4.57. The molecule has 0 aliphatic carbocycles. The Balaban J connectivity index is 2.39. The van der Waals surface area contributed by atoms with Gasteiger partial charge in [0.05, 0.1) is 0 Å². The predicted molar refractivity (Wildman–Crippen MR) is 80.6 cm³/mol. The zero-order valence-corrected chi connectivity index (χ0v) is 12.2. The Hall–Kier alpha value is -2.27. The van der Waals surface area contributed by atoms with Gasteiger partial charge in [-0.3, -0.25) is 0 Å². The van der Waals surface area contributed by atoms with Gasteiger partial charge in [-0.1, -0.05) is 55.8 Å². The number of aryl methyl sites for hydroxylation is 1. The molecule has 0 aromatic heterocycles. The van der Waals surface area contributed by atoms with E-state index in [1.54, 1.807) is 6.26 Å². The first-order valence-corrected chi connectivity index (χ1v) is 6.84. The summed E-state index contributed by atoms with van der Waals surface area (Å²) < 4.78 is 4.83. The molecule has 2 aromatic rings. The molecule has 2 heteroatoms. The van der Waals surface area contributed by atoms with Crippen LogP contribution in [0.2, 0.25) is 0 Å². The molecule has 2 rings (SSSR count). The summed E-state index contributed by atoms with van der Waals surface area (Å²) in [5, 5.41) is 8.53. The van der Waals surface area contributed by atoms with E-state index in [1.165, 1.54) is 16.7 Å². The quantitative estimate of drug-likeness (QED) is 0.758. The minimum Gasteiger partial charge on any atom is -0.388 e. The summed E-state index contributed by atoms with van der Waals surface area (Å²) in [6.45, 7) is 6.54. The summed E-state index contributed by atoms with van der Waals surface area (Å²) in [5.41, 5.74) is 3.78. The first-order chi connectivity index (χ1) is 9.60. The Bertz CT molecular complexity index is 607. The molecular weight excluding hydrogens is 246 g/mol. The van der Waals surface area contributed by atoms with Crippen molar-refractivity contribution in [2.75, 3.05) is 0 Å². The van der Waals surface area contributed by atoms with Crippen LogP contribution in [0.15, 0.2) is 48.5 Å². The molecule has 0 heterocycles. The molecule has 0 N–H and O–H groups in total. The SMILES string of the molecule is CCC(C)(c1ccc(C)cc1)c1ccc(OC#N)cc1. The lowest BCUT2D eigenvalue weighted by Crippen LogP contribution is -2.22. The van der Waals surface area contributed by atoms with Crippen LogP contribution in [-0.4, -0.2) is 0 Å². The molecule has 0 saturated carbocycles. The van der Waals surface area contributed by atoms with Crippen molar-refractivity contribution in [1.82, 2.24) is 0 Å².